The number of hydrogen-bond acceptors (Lipinski definition) is 2. The number of aromatic nitrogens is 2. The van der Waals surface area contributed by atoms with E-state index in [9.17, 15) is 10.0 Å². The van der Waals surface area contributed by atoms with Gasteiger partial charge in [-0.1, -0.05) is 0 Å². The molecule has 0 unspecified atom stereocenters. The molecule has 2 heterocycles. The molecule has 2 rings (SSSR count). The van der Waals surface area contributed by atoms with E-state index in [1.54, 1.807) is 18.2 Å². The first-order valence-electron chi connectivity index (χ1n) is 3.48. The maximum Gasteiger partial charge on any atom is 0.321 e. The maximum atomic E-state index is 11.1. The van der Waals surface area contributed by atoms with Crippen molar-refractivity contribution in [3.8, 4) is 0 Å². The summed E-state index contributed by atoms with van der Waals surface area (Å²) >= 11 is 0. The highest BCUT2D eigenvalue weighted by molar-refractivity contribution is 5.73. The first-order valence-corrected chi connectivity index (χ1v) is 3.48. The Morgan fingerprint density at radius 1 is 1.42 bits per heavy atom. The lowest BCUT2D eigenvalue weighted by Gasteiger charge is -1.97. The van der Waals surface area contributed by atoms with Gasteiger partial charge in [0.05, 0.1) is 5.39 Å². The molecule has 0 radical (unpaired) electrons. The molecule has 1 N–H and O–H groups in total. The zero-order valence-electron chi connectivity index (χ0n) is 6.15. The zero-order chi connectivity index (χ0) is 8.55. The summed E-state index contributed by atoms with van der Waals surface area (Å²) < 4.78 is 0.564. The molecule has 0 amide bonds. The Bertz CT molecular complexity index is 470. The minimum atomic E-state index is -0.358. The molecule has 60 valence electrons. The molecule has 0 atom stereocenters. The molecule has 2 aromatic rings. The van der Waals surface area contributed by atoms with Gasteiger partial charge < -0.3 is 10.2 Å². The van der Waals surface area contributed by atoms with Crippen molar-refractivity contribution in [3.63, 3.8) is 0 Å². The second-order valence-electron chi connectivity index (χ2n) is 2.44. The van der Waals surface area contributed by atoms with E-state index >= 15 is 0 Å². The normalized spacial score (nSPS) is 10.3. The van der Waals surface area contributed by atoms with Crippen molar-refractivity contribution in [2.75, 3.05) is 0 Å². The van der Waals surface area contributed by atoms with Gasteiger partial charge in [-0.3, -0.25) is 4.79 Å². The van der Waals surface area contributed by atoms with Crippen LogP contribution in [0.15, 0.2) is 35.4 Å². The predicted octanol–water partition coefficient (Wildman–Crippen LogP) is 0.161. The fourth-order valence-electron chi connectivity index (χ4n) is 1.15. The van der Waals surface area contributed by atoms with E-state index in [0.717, 1.165) is 0 Å². The predicted molar refractivity (Wildman–Crippen MR) is 43.5 cm³/mol. The summed E-state index contributed by atoms with van der Waals surface area (Å²) in [5.74, 6) is 0. The van der Waals surface area contributed by atoms with Crippen LogP contribution >= 0.6 is 0 Å². The molecule has 0 aliphatic rings. The maximum absolute atomic E-state index is 11.1. The number of aromatic amines is 1. The second-order valence-corrected chi connectivity index (χ2v) is 2.44. The van der Waals surface area contributed by atoms with Gasteiger partial charge in [0, 0.05) is 12.3 Å². The van der Waals surface area contributed by atoms with Gasteiger partial charge in [0.2, 0.25) is 0 Å². The lowest BCUT2D eigenvalue weighted by atomic mass is 10.3. The fourth-order valence-corrected chi connectivity index (χ4v) is 1.15. The van der Waals surface area contributed by atoms with Crippen LogP contribution in [-0.4, -0.2) is 4.98 Å². The Hall–Kier alpha value is -1.84. The monoisotopic (exact) mass is 162 g/mol. The van der Waals surface area contributed by atoms with E-state index in [0.29, 0.717) is 10.1 Å². The topological polar surface area (TPSA) is 59.8 Å². The van der Waals surface area contributed by atoms with Crippen LogP contribution in [0, 0.1) is 5.21 Å². The first-order chi connectivity index (χ1) is 5.79. The quantitative estimate of drug-likeness (QED) is 0.443. The van der Waals surface area contributed by atoms with E-state index in [4.69, 9.17) is 0 Å². The van der Waals surface area contributed by atoms with E-state index in [1.807, 2.05) is 0 Å². The Labute approximate surface area is 67.7 Å². The molecular formula is C8H6N2O2. The van der Waals surface area contributed by atoms with Gasteiger partial charge in [-0.05, 0) is 12.1 Å². The molecule has 2 aromatic heterocycles. The molecule has 0 aromatic carbocycles. The third kappa shape index (κ3) is 0.852. The molecule has 0 bridgehead atoms. The number of hydrogen-bond donors (Lipinski definition) is 1. The average Bonchev–Trinajstić information content (AvgIpc) is 2.04. The van der Waals surface area contributed by atoms with E-state index in [-0.39, 0.29) is 11.1 Å². The third-order valence-corrected chi connectivity index (χ3v) is 1.68. The lowest BCUT2D eigenvalue weighted by molar-refractivity contribution is -0.577. The minimum Gasteiger partial charge on any atom is -0.618 e. The van der Waals surface area contributed by atoms with Crippen molar-refractivity contribution in [1.82, 2.24) is 4.98 Å². The molecular weight excluding hydrogens is 156 g/mol. The summed E-state index contributed by atoms with van der Waals surface area (Å²) in [5, 5.41) is 11.7. The Balaban J connectivity index is 3.07. The van der Waals surface area contributed by atoms with Crippen LogP contribution in [-0.2, 0) is 0 Å². The number of nitrogens with zero attached hydrogens (tertiary/aromatic N) is 1. The van der Waals surface area contributed by atoms with Gasteiger partial charge in [0.15, 0.2) is 6.20 Å². The molecule has 4 nitrogen and oxygen atoms in total. The van der Waals surface area contributed by atoms with Crippen LogP contribution in [0.4, 0.5) is 0 Å². The smallest absolute Gasteiger partial charge is 0.321 e. The highest BCUT2D eigenvalue weighted by Gasteiger charge is 2.05. The largest absolute Gasteiger partial charge is 0.618 e. The van der Waals surface area contributed by atoms with Crippen molar-refractivity contribution in [3.05, 3.63) is 46.2 Å². The van der Waals surface area contributed by atoms with Gasteiger partial charge in [0.25, 0.3) is 5.52 Å². The number of rotatable bonds is 0. The second kappa shape index (κ2) is 2.34. The first kappa shape index (κ1) is 6.84. The highest BCUT2D eigenvalue weighted by Crippen LogP contribution is 2.00. The van der Waals surface area contributed by atoms with Crippen molar-refractivity contribution in [2.24, 2.45) is 0 Å². The van der Waals surface area contributed by atoms with Crippen molar-refractivity contribution < 1.29 is 4.73 Å². The average molecular weight is 162 g/mol. The van der Waals surface area contributed by atoms with Gasteiger partial charge in [0.1, 0.15) is 0 Å². The minimum absolute atomic E-state index is 0.153. The molecule has 0 saturated heterocycles. The Kier molecular flexibility index (Phi) is 1.33. The van der Waals surface area contributed by atoms with Gasteiger partial charge >= 0.3 is 5.56 Å². The number of pyridine rings is 2. The molecule has 0 saturated carbocycles. The summed E-state index contributed by atoms with van der Waals surface area (Å²) in [6, 6.07) is 5.01. The van der Waals surface area contributed by atoms with Gasteiger partial charge in [-0.2, -0.15) is 4.73 Å². The molecule has 0 fully saturated rings. The summed E-state index contributed by atoms with van der Waals surface area (Å²) in [4.78, 5) is 13.6. The SMILES string of the molecule is O=c1[nH]ccc2ccc[n+]([O-])c12. The third-order valence-electron chi connectivity index (χ3n) is 1.68. The van der Waals surface area contributed by atoms with E-state index in [2.05, 4.69) is 4.98 Å². The van der Waals surface area contributed by atoms with Crippen molar-refractivity contribution in [2.45, 2.75) is 0 Å². The number of nitrogens with one attached hydrogen (secondary N) is 1. The summed E-state index contributed by atoms with van der Waals surface area (Å²) in [7, 11) is 0. The van der Waals surface area contributed by atoms with Crippen LogP contribution in [0.3, 0.4) is 0 Å². The molecule has 0 aliphatic heterocycles. The number of fused-ring (bicyclic) bond motifs is 1. The van der Waals surface area contributed by atoms with Crippen LogP contribution in [0.25, 0.3) is 10.9 Å². The number of H-pyrrole nitrogens is 1. The van der Waals surface area contributed by atoms with E-state index in [1.165, 1.54) is 12.4 Å². The standard InChI is InChI=1S/C8H6N2O2/c11-8-7-6(3-4-9-8)2-1-5-10(7)12/h1-5H,(H,9,11). The molecule has 12 heavy (non-hydrogen) atoms. The summed E-state index contributed by atoms with van der Waals surface area (Å²) in [6.45, 7) is 0. The lowest BCUT2D eigenvalue weighted by Crippen LogP contribution is -2.31. The van der Waals surface area contributed by atoms with Gasteiger partial charge in [-0.25, -0.2) is 0 Å². The molecule has 0 aliphatic carbocycles. The van der Waals surface area contributed by atoms with Crippen LogP contribution in [0.5, 0.6) is 0 Å². The summed E-state index contributed by atoms with van der Waals surface area (Å²) in [5.41, 5.74) is -0.205. The van der Waals surface area contributed by atoms with Crippen LogP contribution < -0.4 is 10.3 Å². The molecule has 4 heteroatoms. The van der Waals surface area contributed by atoms with Gasteiger partial charge in [-0.15, -0.1) is 0 Å². The molecule has 0 spiro atoms. The van der Waals surface area contributed by atoms with Crippen molar-refractivity contribution in [1.29, 1.82) is 0 Å². The van der Waals surface area contributed by atoms with E-state index < -0.39 is 0 Å². The van der Waals surface area contributed by atoms with Crippen molar-refractivity contribution >= 4 is 10.9 Å². The van der Waals surface area contributed by atoms with Crippen LogP contribution in [0.1, 0.15) is 0 Å². The zero-order valence-corrected chi connectivity index (χ0v) is 6.15. The Morgan fingerprint density at radius 2 is 2.25 bits per heavy atom. The summed E-state index contributed by atoms with van der Waals surface area (Å²) in [6.07, 6.45) is 2.82. The van der Waals surface area contributed by atoms with Crippen LogP contribution in [0.2, 0.25) is 0 Å². The fraction of sp³-hybridized carbons (Fsp3) is 0. The highest BCUT2D eigenvalue weighted by atomic mass is 16.5. The Morgan fingerprint density at radius 3 is 3.00 bits per heavy atom.